The fourth-order valence-corrected chi connectivity index (χ4v) is 2.62. The first-order valence-corrected chi connectivity index (χ1v) is 7.19. The van der Waals surface area contributed by atoms with Gasteiger partial charge in [0.25, 0.3) is 5.91 Å². The molecule has 1 atom stereocenters. The van der Waals surface area contributed by atoms with Crippen molar-refractivity contribution in [3.8, 4) is 0 Å². The number of hydrogen-bond donors (Lipinski definition) is 0. The summed E-state index contributed by atoms with van der Waals surface area (Å²) in [6.07, 6.45) is 2.10. The van der Waals surface area contributed by atoms with Crippen LogP contribution >= 0.6 is 15.9 Å². The molecule has 0 radical (unpaired) electrons. The maximum Gasteiger partial charge on any atom is 0.254 e. The van der Waals surface area contributed by atoms with Crippen molar-refractivity contribution < 1.29 is 9.18 Å². The molecule has 1 aliphatic heterocycles. The van der Waals surface area contributed by atoms with Crippen LogP contribution in [0.3, 0.4) is 0 Å². The van der Waals surface area contributed by atoms with Crippen LogP contribution in [0.2, 0.25) is 0 Å². The number of nitrogens with zero attached hydrogens (tertiary/aromatic N) is 2. The molecule has 0 aromatic heterocycles. The lowest BCUT2D eigenvalue weighted by Crippen LogP contribution is -2.47. The van der Waals surface area contributed by atoms with Crippen molar-refractivity contribution in [2.75, 3.05) is 27.2 Å². The van der Waals surface area contributed by atoms with Crippen molar-refractivity contribution in [1.29, 1.82) is 0 Å². The number of piperidine rings is 1. The molecule has 0 aliphatic carbocycles. The average Bonchev–Trinajstić information content (AvgIpc) is 2.41. The number of hydrogen-bond acceptors (Lipinski definition) is 2. The van der Waals surface area contributed by atoms with Crippen LogP contribution in [-0.2, 0) is 0 Å². The van der Waals surface area contributed by atoms with Crippen LogP contribution in [0.1, 0.15) is 23.2 Å². The van der Waals surface area contributed by atoms with Gasteiger partial charge >= 0.3 is 0 Å². The summed E-state index contributed by atoms with van der Waals surface area (Å²) in [5, 5.41) is 0. The molecular weight excluding hydrogens is 311 g/mol. The van der Waals surface area contributed by atoms with E-state index in [1.54, 1.807) is 12.1 Å². The summed E-state index contributed by atoms with van der Waals surface area (Å²) in [5.74, 6) is -0.482. The van der Waals surface area contributed by atoms with Gasteiger partial charge in [0, 0.05) is 24.7 Å². The topological polar surface area (TPSA) is 23.6 Å². The molecule has 1 saturated heterocycles. The number of carbonyl (C=O) groups is 1. The predicted octanol–water partition coefficient (Wildman–Crippen LogP) is 2.75. The summed E-state index contributed by atoms with van der Waals surface area (Å²) >= 11 is 3.10. The fourth-order valence-electron chi connectivity index (χ4n) is 2.37. The number of likely N-dealkylation sites (tertiary alicyclic amines) is 1. The van der Waals surface area contributed by atoms with Gasteiger partial charge in [-0.25, -0.2) is 4.39 Å². The minimum absolute atomic E-state index is 0.0852. The van der Waals surface area contributed by atoms with Crippen molar-refractivity contribution in [3.63, 3.8) is 0 Å². The number of rotatable bonds is 2. The molecule has 1 unspecified atom stereocenters. The van der Waals surface area contributed by atoms with Crippen molar-refractivity contribution in [2.45, 2.75) is 18.9 Å². The van der Waals surface area contributed by atoms with Crippen molar-refractivity contribution in [2.24, 2.45) is 0 Å². The van der Waals surface area contributed by atoms with E-state index in [0.29, 0.717) is 22.6 Å². The Morgan fingerprint density at radius 1 is 1.47 bits per heavy atom. The molecule has 19 heavy (non-hydrogen) atoms. The Morgan fingerprint density at radius 3 is 2.84 bits per heavy atom. The van der Waals surface area contributed by atoms with Gasteiger partial charge in [-0.1, -0.05) is 0 Å². The zero-order chi connectivity index (χ0) is 14.0. The van der Waals surface area contributed by atoms with Gasteiger partial charge in [0.1, 0.15) is 5.82 Å². The highest BCUT2D eigenvalue weighted by molar-refractivity contribution is 9.10. The minimum atomic E-state index is -0.396. The van der Waals surface area contributed by atoms with Crippen LogP contribution in [0.25, 0.3) is 0 Å². The predicted molar refractivity (Wildman–Crippen MR) is 76.7 cm³/mol. The SMILES string of the molecule is CN(C)C1CCCN(C(=O)c2ccc(Br)c(F)c2)C1. The standard InChI is InChI=1S/C14H18BrFN2O/c1-17(2)11-4-3-7-18(9-11)14(19)10-5-6-12(15)13(16)8-10/h5-6,8,11H,3-4,7,9H2,1-2H3. The van der Waals surface area contributed by atoms with Crippen LogP contribution in [0, 0.1) is 5.82 Å². The molecule has 104 valence electrons. The Balaban J connectivity index is 2.12. The van der Waals surface area contributed by atoms with E-state index in [-0.39, 0.29) is 5.91 Å². The molecule has 0 bridgehead atoms. The van der Waals surface area contributed by atoms with Gasteiger partial charge in [-0.2, -0.15) is 0 Å². The van der Waals surface area contributed by atoms with Crippen LogP contribution < -0.4 is 0 Å². The number of amides is 1. The number of benzene rings is 1. The lowest BCUT2D eigenvalue weighted by Gasteiger charge is -2.36. The van der Waals surface area contributed by atoms with Crippen molar-refractivity contribution >= 4 is 21.8 Å². The Bertz CT molecular complexity index is 479. The van der Waals surface area contributed by atoms with E-state index < -0.39 is 5.82 Å². The van der Waals surface area contributed by atoms with E-state index in [0.717, 1.165) is 19.4 Å². The summed E-state index contributed by atoms with van der Waals surface area (Å²) in [7, 11) is 4.05. The first-order chi connectivity index (χ1) is 8.99. The number of halogens is 2. The van der Waals surface area contributed by atoms with Crippen molar-refractivity contribution in [3.05, 3.63) is 34.1 Å². The zero-order valence-electron chi connectivity index (χ0n) is 11.2. The highest BCUT2D eigenvalue weighted by atomic mass is 79.9. The van der Waals surface area contributed by atoms with E-state index in [2.05, 4.69) is 20.8 Å². The third-order valence-electron chi connectivity index (χ3n) is 3.58. The van der Waals surface area contributed by atoms with E-state index in [4.69, 9.17) is 0 Å². The highest BCUT2D eigenvalue weighted by Crippen LogP contribution is 2.20. The minimum Gasteiger partial charge on any atom is -0.337 e. The molecule has 1 heterocycles. The Kier molecular flexibility index (Phi) is 4.58. The Labute approximate surface area is 121 Å². The molecule has 0 N–H and O–H groups in total. The molecule has 2 rings (SSSR count). The third kappa shape index (κ3) is 3.34. The summed E-state index contributed by atoms with van der Waals surface area (Å²) in [4.78, 5) is 16.3. The van der Waals surface area contributed by atoms with Gasteiger partial charge < -0.3 is 9.80 Å². The lowest BCUT2D eigenvalue weighted by atomic mass is 10.0. The molecule has 1 aromatic carbocycles. The first kappa shape index (κ1) is 14.5. The molecular formula is C14H18BrFN2O. The van der Waals surface area contributed by atoms with Gasteiger partial charge in [-0.15, -0.1) is 0 Å². The van der Waals surface area contributed by atoms with Gasteiger partial charge in [0.05, 0.1) is 4.47 Å². The van der Waals surface area contributed by atoms with Gasteiger partial charge in [0.2, 0.25) is 0 Å². The van der Waals surface area contributed by atoms with Gasteiger partial charge in [0.15, 0.2) is 0 Å². The summed E-state index contributed by atoms with van der Waals surface area (Å²) < 4.78 is 13.9. The fraction of sp³-hybridized carbons (Fsp3) is 0.500. The molecule has 1 aliphatic rings. The van der Waals surface area contributed by atoms with Crippen LogP contribution in [0.15, 0.2) is 22.7 Å². The monoisotopic (exact) mass is 328 g/mol. The zero-order valence-corrected chi connectivity index (χ0v) is 12.8. The lowest BCUT2D eigenvalue weighted by molar-refractivity contribution is 0.0634. The second-order valence-electron chi connectivity index (χ2n) is 5.14. The van der Waals surface area contributed by atoms with E-state index >= 15 is 0 Å². The number of carbonyl (C=O) groups excluding carboxylic acids is 1. The maximum absolute atomic E-state index is 13.5. The smallest absolute Gasteiger partial charge is 0.254 e. The van der Waals surface area contributed by atoms with E-state index in [9.17, 15) is 9.18 Å². The quantitative estimate of drug-likeness (QED) is 0.833. The molecule has 0 saturated carbocycles. The largest absolute Gasteiger partial charge is 0.337 e. The Hall–Kier alpha value is -0.940. The van der Waals surface area contributed by atoms with E-state index in [1.807, 2.05) is 19.0 Å². The molecule has 5 heteroatoms. The van der Waals surface area contributed by atoms with Crippen LogP contribution in [0.4, 0.5) is 4.39 Å². The summed E-state index contributed by atoms with van der Waals surface area (Å²) in [6.45, 7) is 1.46. The Morgan fingerprint density at radius 2 is 2.21 bits per heavy atom. The number of likely N-dealkylation sites (N-methyl/N-ethyl adjacent to an activating group) is 1. The molecule has 3 nitrogen and oxygen atoms in total. The van der Waals surface area contributed by atoms with Crippen LogP contribution in [-0.4, -0.2) is 48.9 Å². The summed E-state index contributed by atoms with van der Waals surface area (Å²) in [6, 6.07) is 4.93. The summed E-state index contributed by atoms with van der Waals surface area (Å²) in [5.41, 5.74) is 0.417. The van der Waals surface area contributed by atoms with Crippen LogP contribution in [0.5, 0.6) is 0 Å². The third-order valence-corrected chi connectivity index (χ3v) is 4.22. The molecule has 0 spiro atoms. The molecule has 1 amide bonds. The van der Waals surface area contributed by atoms with Gasteiger partial charge in [-0.3, -0.25) is 4.79 Å². The second kappa shape index (κ2) is 6.01. The highest BCUT2D eigenvalue weighted by Gasteiger charge is 2.25. The first-order valence-electron chi connectivity index (χ1n) is 6.40. The molecule has 1 aromatic rings. The maximum atomic E-state index is 13.5. The average molecular weight is 329 g/mol. The van der Waals surface area contributed by atoms with Crippen molar-refractivity contribution in [1.82, 2.24) is 9.80 Å². The van der Waals surface area contributed by atoms with Gasteiger partial charge in [-0.05, 0) is 61.1 Å². The van der Waals surface area contributed by atoms with E-state index in [1.165, 1.54) is 6.07 Å². The molecule has 1 fully saturated rings. The second-order valence-corrected chi connectivity index (χ2v) is 5.99. The normalized spacial score (nSPS) is 19.8.